The highest BCUT2D eigenvalue weighted by Gasteiger charge is 2.13. The summed E-state index contributed by atoms with van der Waals surface area (Å²) in [6, 6.07) is 0. The molecule has 1 heterocycles. The number of nitrogens with zero attached hydrogens (tertiary/aromatic N) is 1. The molecule has 0 N–H and O–H groups in total. The molecule has 0 saturated carbocycles. The van der Waals surface area contributed by atoms with Crippen molar-refractivity contribution in [2.75, 3.05) is 0 Å². The first-order chi connectivity index (χ1) is 7.79. The highest BCUT2D eigenvalue weighted by atomic mass is 16.5. The van der Waals surface area contributed by atoms with Gasteiger partial charge in [-0.3, -0.25) is 4.79 Å². The van der Waals surface area contributed by atoms with E-state index < -0.39 is 0 Å². The Kier molecular flexibility index (Phi) is 5.83. The molecule has 1 aromatic rings. The maximum absolute atomic E-state index is 11.5. The fourth-order valence-corrected chi connectivity index (χ4v) is 1.75. The van der Waals surface area contributed by atoms with Crippen LogP contribution in [0, 0.1) is 0 Å². The summed E-state index contributed by atoms with van der Waals surface area (Å²) in [6.45, 7) is 4.06. The second-order valence-electron chi connectivity index (χ2n) is 4.10. The summed E-state index contributed by atoms with van der Waals surface area (Å²) >= 11 is 0. The Hall–Kier alpha value is -1.12. The van der Waals surface area contributed by atoms with E-state index in [9.17, 15) is 4.79 Å². The number of Topliss-reactive ketones (excluding diaryl/α,β-unsaturated/α-hetero) is 1. The monoisotopic (exact) mass is 223 g/mol. The van der Waals surface area contributed by atoms with E-state index in [1.807, 2.05) is 6.92 Å². The number of aromatic nitrogens is 1. The predicted molar refractivity (Wildman–Crippen MR) is 63.6 cm³/mol. The Balaban J connectivity index is 2.36. The number of hydrogen-bond donors (Lipinski definition) is 0. The molecular weight excluding hydrogens is 202 g/mol. The summed E-state index contributed by atoms with van der Waals surface area (Å²) in [5, 5.41) is 3.71. The van der Waals surface area contributed by atoms with Crippen LogP contribution in [-0.4, -0.2) is 10.9 Å². The van der Waals surface area contributed by atoms with Crippen LogP contribution in [-0.2, 0) is 6.42 Å². The molecule has 16 heavy (non-hydrogen) atoms. The first-order valence-corrected chi connectivity index (χ1v) is 6.26. The molecule has 0 bridgehead atoms. The van der Waals surface area contributed by atoms with E-state index in [2.05, 4.69) is 12.1 Å². The van der Waals surface area contributed by atoms with Crippen molar-refractivity contribution in [1.29, 1.82) is 0 Å². The fraction of sp³-hybridized carbons (Fsp3) is 0.692. The maximum Gasteiger partial charge on any atom is 0.167 e. The van der Waals surface area contributed by atoms with Gasteiger partial charge in [0.25, 0.3) is 0 Å². The van der Waals surface area contributed by atoms with Crippen molar-refractivity contribution in [2.24, 2.45) is 0 Å². The van der Waals surface area contributed by atoms with Gasteiger partial charge in [0.05, 0.1) is 11.8 Å². The molecule has 0 spiro atoms. The molecule has 0 aliphatic carbocycles. The van der Waals surface area contributed by atoms with Crippen LogP contribution < -0.4 is 0 Å². The highest BCUT2D eigenvalue weighted by Crippen LogP contribution is 2.14. The largest absolute Gasteiger partial charge is 0.361 e. The molecule has 3 heteroatoms. The molecule has 0 aliphatic rings. The molecule has 0 aliphatic heterocycles. The van der Waals surface area contributed by atoms with Gasteiger partial charge in [0.15, 0.2) is 5.78 Å². The zero-order valence-electron chi connectivity index (χ0n) is 10.3. The molecule has 0 atom stereocenters. The molecule has 0 unspecified atom stereocenters. The van der Waals surface area contributed by atoms with Gasteiger partial charge < -0.3 is 4.52 Å². The van der Waals surface area contributed by atoms with Gasteiger partial charge in [-0.25, -0.2) is 0 Å². The van der Waals surface area contributed by atoms with Gasteiger partial charge in [0.1, 0.15) is 5.76 Å². The Morgan fingerprint density at radius 1 is 1.25 bits per heavy atom. The molecule has 0 saturated heterocycles. The van der Waals surface area contributed by atoms with Gasteiger partial charge in [-0.15, -0.1) is 0 Å². The topological polar surface area (TPSA) is 43.1 Å². The van der Waals surface area contributed by atoms with Crippen molar-refractivity contribution in [1.82, 2.24) is 5.16 Å². The van der Waals surface area contributed by atoms with Crippen molar-refractivity contribution in [3.05, 3.63) is 17.5 Å². The summed E-state index contributed by atoms with van der Waals surface area (Å²) < 4.78 is 5.12. The molecule has 1 aromatic heterocycles. The van der Waals surface area contributed by atoms with Crippen LogP contribution in [0.1, 0.15) is 68.5 Å². The number of carbonyl (C=O) groups excluding carboxylic acids is 1. The Labute approximate surface area is 97.2 Å². The van der Waals surface area contributed by atoms with Crippen LogP contribution in [0.2, 0.25) is 0 Å². The Morgan fingerprint density at radius 2 is 2.00 bits per heavy atom. The van der Waals surface area contributed by atoms with Crippen LogP contribution >= 0.6 is 0 Å². The quantitative estimate of drug-likeness (QED) is 0.497. The minimum Gasteiger partial charge on any atom is -0.361 e. The maximum atomic E-state index is 11.5. The van der Waals surface area contributed by atoms with Crippen molar-refractivity contribution < 1.29 is 9.32 Å². The number of ketones is 1. The second kappa shape index (κ2) is 7.20. The van der Waals surface area contributed by atoms with Crippen LogP contribution in [0.4, 0.5) is 0 Å². The standard InChI is InChI=1S/C13H21NO2/c1-3-5-6-7-8-9-13-11(10-14-16-13)12(15)4-2/h10H,3-9H2,1-2H3. The van der Waals surface area contributed by atoms with Crippen molar-refractivity contribution in [3.8, 4) is 0 Å². The van der Waals surface area contributed by atoms with Crippen LogP contribution in [0.25, 0.3) is 0 Å². The van der Waals surface area contributed by atoms with Gasteiger partial charge in [0.2, 0.25) is 0 Å². The molecule has 90 valence electrons. The molecule has 1 rings (SSSR count). The number of aryl methyl sites for hydroxylation is 1. The van der Waals surface area contributed by atoms with Crippen LogP contribution in [0.5, 0.6) is 0 Å². The predicted octanol–water partition coefficient (Wildman–Crippen LogP) is 3.78. The lowest BCUT2D eigenvalue weighted by molar-refractivity contribution is 0.0986. The van der Waals surface area contributed by atoms with Gasteiger partial charge in [-0.2, -0.15) is 0 Å². The van der Waals surface area contributed by atoms with E-state index in [4.69, 9.17) is 4.52 Å². The summed E-state index contributed by atoms with van der Waals surface area (Å²) in [6.07, 6.45) is 9.00. The molecule has 0 amide bonds. The first-order valence-electron chi connectivity index (χ1n) is 6.26. The molecule has 3 nitrogen and oxygen atoms in total. The Morgan fingerprint density at radius 3 is 2.69 bits per heavy atom. The number of hydrogen-bond acceptors (Lipinski definition) is 3. The van der Waals surface area contributed by atoms with Crippen molar-refractivity contribution in [3.63, 3.8) is 0 Å². The van der Waals surface area contributed by atoms with Gasteiger partial charge >= 0.3 is 0 Å². The van der Waals surface area contributed by atoms with Crippen LogP contribution in [0.3, 0.4) is 0 Å². The van der Waals surface area contributed by atoms with E-state index in [-0.39, 0.29) is 5.78 Å². The lowest BCUT2D eigenvalue weighted by Crippen LogP contribution is -1.99. The number of carbonyl (C=O) groups is 1. The normalized spacial score (nSPS) is 10.6. The molecular formula is C13H21NO2. The third-order valence-corrected chi connectivity index (χ3v) is 2.77. The third-order valence-electron chi connectivity index (χ3n) is 2.77. The third kappa shape index (κ3) is 3.80. The number of unbranched alkanes of at least 4 members (excludes halogenated alkanes) is 4. The summed E-state index contributed by atoms with van der Waals surface area (Å²) in [4.78, 5) is 11.5. The Bertz CT molecular complexity index is 317. The first kappa shape index (κ1) is 12.9. The zero-order chi connectivity index (χ0) is 11.8. The van der Waals surface area contributed by atoms with Gasteiger partial charge in [-0.1, -0.05) is 44.7 Å². The fourth-order valence-electron chi connectivity index (χ4n) is 1.75. The molecule has 0 radical (unpaired) electrons. The summed E-state index contributed by atoms with van der Waals surface area (Å²) in [5.41, 5.74) is 0.679. The van der Waals surface area contributed by atoms with Gasteiger partial charge in [-0.05, 0) is 6.42 Å². The van der Waals surface area contributed by atoms with E-state index in [1.54, 1.807) is 6.20 Å². The van der Waals surface area contributed by atoms with E-state index in [0.717, 1.165) is 18.6 Å². The lowest BCUT2D eigenvalue weighted by Gasteiger charge is -1.99. The minimum absolute atomic E-state index is 0.129. The molecule has 0 fully saturated rings. The van der Waals surface area contributed by atoms with Crippen molar-refractivity contribution >= 4 is 5.78 Å². The van der Waals surface area contributed by atoms with E-state index in [1.165, 1.54) is 25.7 Å². The van der Waals surface area contributed by atoms with Gasteiger partial charge in [0, 0.05) is 12.8 Å². The lowest BCUT2D eigenvalue weighted by atomic mass is 10.1. The van der Waals surface area contributed by atoms with Crippen LogP contribution in [0.15, 0.2) is 10.7 Å². The minimum atomic E-state index is 0.129. The highest BCUT2D eigenvalue weighted by molar-refractivity contribution is 5.96. The average Bonchev–Trinajstić information content (AvgIpc) is 2.76. The van der Waals surface area contributed by atoms with E-state index >= 15 is 0 Å². The van der Waals surface area contributed by atoms with E-state index in [0.29, 0.717) is 12.0 Å². The summed E-state index contributed by atoms with van der Waals surface area (Å²) in [5.74, 6) is 0.896. The molecule has 0 aromatic carbocycles. The SMILES string of the molecule is CCCCCCCc1oncc1C(=O)CC. The second-order valence-corrected chi connectivity index (χ2v) is 4.10. The summed E-state index contributed by atoms with van der Waals surface area (Å²) in [7, 11) is 0. The smallest absolute Gasteiger partial charge is 0.167 e. The zero-order valence-corrected chi connectivity index (χ0v) is 10.3. The average molecular weight is 223 g/mol. The number of rotatable bonds is 8. The van der Waals surface area contributed by atoms with Crippen molar-refractivity contribution in [2.45, 2.75) is 58.8 Å².